The maximum Gasteiger partial charge on any atom is 0.311 e. The first-order chi connectivity index (χ1) is 10.5. The lowest BCUT2D eigenvalue weighted by Crippen LogP contribution is -2.24. The molecule has 2 N–H and O–H groups in total. The number of aromatic amines is 1. The third-order valence-electron chi connectivity index (χ3n) is 4.43. The van der Waals surface area contributed by atoms with Crippen molar-refractivity contribution in [2.24, 2.45) is 0 Å². The first-order valence-corrected chi connectivity index (χ1v) is 6.77. The van der Waals surface area contributed by atoms with Gasteiger partial charge in [-0.05, 0) is 13.3 Å². The van der Waals surface area contributed by atoms with Gasteiger partial charge in [0.2, 0.25) is 5.95 Å². The number of fused-ring (bicyclic) bond motifs is 3. The van der Waals surface area contributed by atoms with Crippen LogP contribution < -0.4 is 0 Å². The van der Waals surface area contributed by atoms with Crippen LogP contribution in [0.15, 0.2) is 24.7 Å². The average molecular weight is 301 g/mol. The average Bonchev–Trinajstić information content (AvgIpc) is 3.15. The van der Waals surface area contributed by atoms with Crippen molar-refractivity contribution in [1.82, 2.24) is 24.8 Å². The molecule has 3 heterocycles. The van der Waals surface area contributed by atoms with Crippen LogP contribution in [0.2, 0.25) is 0 Å². The van der Waals surface area contributed by atoms with Crippen molar-refractivity contribution in [2.45, 2.75) is 24.7 Å². The van der Waals surface area contributed by atoms with Crippen LogP contribution in [0.1, 0.15) is 36.1 Å². The van der Waals surface area contributed by atoms with Gasteiger partial charge in [0, 0.05) is 35.0 Å². The molecule has 3 aromatic heterocycles. The molecule has 22 heavy (non-hydrogen) atoms. The molecule has 2 atom stereocenters. The number of hydrogen-bond donors (Lipinski definition) is 2. The Morgan fingerprint density at radius 2 is 2.36 bits per heavy atom. The van der Waals surface area contributed by atoms with Crippen molar-refractivity contribution in [2.75, 3.05) is 0 Å². The second-order valence-corrected chi connectivity index (χ2v) is 5.71. The fourth-order valence-corrected chi connectivity index (χ4v) is 3.37. The van der Waals surface area contributed by atoms with Crippen molar-refractivity contribution in [3.63, 3.8) is 0 Å². The summed E-state index contributed by atoms with van der Waals surface area (Å²) in [4.78, 5) is 15.7. The van der Waals surface area contributed by atoms with Gasteiger partial charge in [0.1, 0.15) is 0 Å². The Kier molecular flexibility index (Phi) is 2.42. The van der Waals surface area contributed by atoms with Crippen LogP contribution in [0.25, 0.3) is 5.65 Å². The van der Waals surface area contributed by atoms with Gasteiger partial charge in [-0.15, -0.1) is 5.10 Å². The van der Waals surface area contributed by atoms with E-state index >= 15 is 0 Å². The zero-order valence-electron chi connectivity index (χ0n) is 11.6. The predicted molar refractivity (Wildman–Crippen MR) is 73.0 cm³/mol. The SMILES string of the molecule is CC1(c2cn[nH]c2)CC(C(=O)O)c2cnc3cc(F)nn3c21. The van der Waals surface area contributed by atoms with E-state index < -0.39 is 23.2 Å². The van der Waals surface area contributed by atoms with Gasteiger partial charge >= 0.3 is 5.97 Å². The van der Waals surface area contributed by atoms with Crippen LogP contribution in [-0.4, -0.2) is 35.9 Å². The monoisotopic (exact) mass is 301 g/mol. The van der Waals surface area contributed by atoms with Gasteiger partial charge in [0.15, 0.2) is 5.65 Å². The number of nitrogens with one attached hydrogen (secondary N) is 1. The summed E-state index contributed by atoms with van der Waals surface area (Å²) in [6.45, 7) is 1.92. The molecule has 0 spiro atoms. The van der Waals surface area contributed by atoms with Gasteiger partial charge in [-0.3, -0.25) is 9.89 Å². The zero-order chi connectivity index (χ0) is 15.5. The Labute approximate surface area is 123 Å². The molecule has 0 aliphatic heterocycles. The highest BCUT2D eigenvalue weighted by Gasteiger charge is 2.47. The Balaban J connectivity index is 2.07. The molecule has 1 aliphatic rings. The summed E-state index contributed by atoms with van der Waals surface area (Å²) in [5.41, 5.74) is 1.77. The number of carboxylic acid groups (broad SMARTS) is 1. The van der Waals surface area contributed by atoms with Crippen LogP contribution in [0.4, 0.5) is 4.39 Å². The highest BCUT2D eigenvalue weighted by molar-refractivity contribution is 5.79. The molecule has 7 nitrogen and oxygen atoms in total. The van der Waals surface area contributed by atoms with Gasteiger partial charge in [-0.25, -0.2) is 9.50 Å². The summed E-state index contributed by atoms with van der Waals surface area (Å²) < 4.78 is 14.9. The standard InChI is InChI=1S/C14H12FN5O2/c1-14(7-4-17-18-5-7)3-8(13(21)22)9-6-16-11-2-10(15)19-20(11)12(9)14/h2,4-6,8H,3H2,1H3,(H,17,18)(H,21,22). The van der Waals surface area contributed by atoms with E-state index in [0.717, 1.165) is 5.56 Å². The number of aromatic nitrogens is 5. The summed E-state index contributed by atoms with van der Waals surface area (Å²) in [7, 11) is 0. The normalized spacial score (nSPS) is 23.8. The Bertz CT molecular complexity index is 888. The van der Waals surface area contributed by atoms with E-state index in [4.69, 9.17) is 0 Å². The Morgan fingerprint density at radius 1 is 1.55 bits per heavy atom. The van der Waals surface area contributed by atoms with Crippen molar-refractivity contribution in [3.8, 4) is 0 Å². The molecule has 112 valence electrons. The lowest BCUT2D eigenvalue weighted by Gasteiger charge is -2.24. The van der Waals surface area contributed by atoms with E-state index in [1.165, 1.54) is 16.8 Å². The van der Waals surface area contributed by atoms with Crippen molar-refractivity contribution >= 4 is 11.6 Å². The van der Waals surface area contributed by atoms with Crippen LogP contribution >= 0.6 is 0 Å². The lowest BCUT2D eigenvalue weighted by molar-refractivity contribution is -0.138. The summed E-state index contributed by atoms with van der Waals surface area (Å²) in [5, 5.41) is 20.1. The molecule has 0 bridgehead atoms. The molecule has 2 unspecified atom stereocenters. The van der Waals surface area contributed by atoms with Gasteiger partial charge < -0.3 is 5.11 Å². The van der Waals surface area contributed by atoms with Crippen LogP contribution in [0, 0.1) is 5.95 Å². The molecular formula is C14H12FN5O2. The van der Waals surface area contributed by atoms with E-state index in [-0.39, 0.29) is 0 Å². The van der Waals surface area contributed by atoms with Crippen molar-refractivity contribution in [1.29, 1.82) is 0 Å². The molecular weight excluding hydrogens is 289 g/mol. The molecule has 0 amide bonds. The second-order valence-electron chi connectivity index (χ2n) is 5.71. The zero-order valence-corrected chi connectivity index (χ0v) is 11.6. The third-order valence-corrected chi connectivity index (χ3v) is 4.43. The van der Waals surface area contributed by atoms with E-state index in [2.05, 4.69) is 20.3 Å². The Morgan fingerprint density at radius 3 is 3.05 bits per heavy atom. The van der Waals surface area contributed by atoms with Crippen molar-refractivity contribution < 1.29 is 14.3 Å². The first kappa shape index (κ1) is 12.9. The molecule has 0 aromatic carbocycles. The maximum absolute atomic E-state index is 13.5. The molecule has 3 aromatic rings. The predicted octanol–water partition coefficient (Wildman–Crippen LogP) is 1.47. The van der Waals surface area contributed by atoms with Crippen LogP contribution in [0.3, 0.4) is 0 Å². The highest BCUT2D eigenvalue weighted by Crippen LogP contribution is 2.49. The van der Waals surface area contributed by atoms with Crippen LogP contribution in [-0.2, 0) is 10.2 Å². The third kappa shape index (κ3) is 1.54. The summed E-state index contributed by atoms with van der Waals surface area (Å²) in [6, 6.07) is 1.23. The number of H-pyrrole nitrogens is 1. The van der Waals surface area contributed by atoms with Crippen LogP contribution in [0.5, 0.6) is 0 Å². The Hall–Kier alpha value is -2.77. The van der Waals surface area contributed by atoms with Gasteiger partial charge in [0.05, 0.1) is 17.8 Å². The van der Waals surface area contributed by atoms with Crippen molar-refractivity contribution in [3.05, 3.63) is 47.4 Å². The molecule has 0 fully saturated rings. The highest BCUT2D eigenvalue weighted by atomic mass is 19.1. The quantitative estimate of drug-likeness (QED) is 0.747. The number of halogens is 1. The molecule has 0 radical (unpaired) electrons. The summed E-state index contributed by atoms with van der Waals surface area (Å²) in [5.74, 6) is -2.28. The second kappa shape index (κ2) is 4.12. The molecule has 8 heteroatoms. The number of carboxylic acids is 1. The maximum atomic E-state index is 13.5. The summed E-state index contributed by atoms with van der Waals surface area (Å²) >= 11 is 0. The number of carbonyl (C=O) groups is 1. The van der Waals surface area contributed by atoms with Gasteiger partial charge in [-0.1, -0.05) is 0 Å². The minimum atomic E-state index is -0.928. The van der Waals surface area contributed by atoms with E-state index in [0.29, 0.717) is 23.3 Å². The minimum Gasteiger partial charge on any atom is -0.481 e. The first-order valence-electron chi connectivity index (χ1n) is 6.77. The molecule has 1 aliphatic carbocycles. The van der Waals surface area contributed by atoms with Gasteiger partial charge in [-0.2, -0.15) is 9.49 Å². The fourth-order valence-electron chi connectivity index (χ4n) is 3.37. The number of rotatable bonds is 2. The number of aliphatic carboxylic acids is 1. The molecule has 4 rings (SSSR count). The van der Waals surface area contributed by atoms with E-state index in [9.17, 15) is 14.3 Å². The summed E-state index contributed by atoms with van der Waals surface area (Å²) in [6.07, 6.45) is 5.23. The smallest absolute Gasteiger partial charge is 0.311 e. The van der Waals surface area contributed by atoms with E-state index in [1.54, 1.807) is 12.4 Å². The van der Waals surface area contributed by atoms with Gasteiger partial charge in [0.25, 0.3) is 0 Å². The lowest BCUT2D eigenvalue weighted by atomic mass is 9.81. The number of hydrogen-bond acceptors (Lipinski definition) is 4. The largest absolute Gasteiger partial charge is 0.481 e. The fraction of sp³-hybridized carbons (Fsp3) is 0.286. The number of nitrogens with zero attached hydrogens (tertiary/aromatic N) is 4. The molecule has 0 saturated heterocycles. The molecule has 0 saturated carbocycles. The minimum absolute atomic E-state index is 0.347. The van der Waals surface area contributed by atoms with E-state index in [1.807, 2.05) is 6.92 Å². The topological polar surface area (TPSA) is 96.2 Å².